The summed E-state index contributed by atoms with van der Waals surface area (Å²) in [5, 5.41) is 0. The number of hydrogen-bond acceptors (Lipinski definition) is 8. The number of carbonyl (C=O) groups excluding carboxylic acids is 1. The lowest BCUT2D eigenvalue weighted by atomic mass is 9.62. The van der Waals surface area contributed by atoms with Gasteiger partial charge in [-0.15, -0.1) is 0 Å². The topological polar surface area (TPSA) is 83.9 Å². The molecule has 3 aliphatic rings. The van der Waals surface area contributed by atoms with Gasteiger partial charge in [-0.1, -0.05) is 19.4 Å². The molecule has 1 spiro atoms. The highest BCUT2D eigenvalue weighted by molar-refractivity contribution is 5.96. The van der Waals surface area contributed by atoms with Gasteiger partial charge in [0.15, 0.2) is 5.75 Å². The molecule has 0 unspecified atom stereocenters. The maximum Gasteiger partial charge on any atom is 0.422 e. The molecule has 0 N–H and O–H groups in total. The number of likely N-dealkylation sites (tertiary alicyclic amines) is 1. The molecule has 1 amide bonds. The molecule has 0 radical (unpaired) electrons. The number of carbonyl (C=O) groups is 1. The van der Waals surface area contributed by atoms with E-state index in [1.807, 2.05) is 43.1 Å². The summed E-state index contributed by atoms with van der Waals surface area (Å²) in [4.78, 5) is 33.4. The van der Waals surface area contributed by atoms with Gasteiger partial charge in [0.2, 0.25) is 5.88 Å². The first-order valence-electron chi connectivity index (χ1n) is 15.0. The van der Waals surface area contributed by atoms with Crippen molar-refractivity contribution in [3.8, 4) is 22.9 Å². The molecule has 234 valence electrons. The Morgan fingerprint density at radius 1 is 1.11 bits per heavy atom. The first-order valence-corrected chi connectivity index (χ1v) is 15.0. The zero-order chi connectivity index (χ0) is 31.2. The monoisotopic (exact) mass is 610 g/mol. The lowest BCUT2D eigenvalue weighted by Crippen LogP contribution is -2.66. The molecule has 6 heterocycles. The maximum absolute atomic E-state index is 14.3. The second kappa shape index (κ2) is 11.5. The minimum Gasteiger partial charge on any atom is -0.494 e. The number of piperidine rings is 1. The molecule has 44 heavy (non-hydrogen) atoms. The molecule has 0 bridgehead atoms. The summed E-state index contributed by atoms with van der Waals surface area (Å²) in [6, 6.07) is 7.64. The molecule has 2 saturated heterocycles. The molecule has 2 fully saturated rings. The molecule has 0 aliphatic carbocycles. The number of nitrogens with zero attached hydrogens (tertiary/aromatic N) is 6. The van der Waals surface area contributed by atoms with Crippen LogP contribution in [0.15, 0.2) is 42.9 Å². The molecule has 9 nitrogen and oxygen atoms in total. The SMILES string of the molecule is CCOc1ncccc1-c1ccc2c(n1)C(=O)N(C1CN(C)C1)C[C@]21CCN(c2cncc(OC)c2C(F)(F)F)C[C@H]1CC. The van der Waals surface area contributed by atoms with Crippen LogP contribution in [0.3, 0.4) is 0 Å². The van der Waals surface area contributed by atoms with Crippen molar-refractivity contribution in [2.75, 3.05) is 58.4 Å². The van der Waals surface area contributed by atoms with Gasteiger partial charge in [0.05, 0.1) is 49.1 Å². The fraction of sp³-hybridized carbons (Fsp3) is 0.500. The highest BCUT2D eigenvalue weighted by Crippen LogP contribution is 2.50. The number of likely N-dealkylation sites (N-methyl/N-ethyl adjacent to an activating group) is 1. The zero-order valence-electron chi connectivity index (χ0n) is 25.4. The molecular formula is C32H37F3N6O3. The third-order valence-electron chi connectivity index (χ3n) is 9.44. The van der Waals surface area contributed by atoms with Gasteiger partial charge in [-0.3, -0.25) is 9.78 Å². The van der Waals surface area contributed by atoms with Gasteiger partial charge < -0.3 is 24.2 Å². The Morgan fingerprint density at radius 3 is 2.59 bits per heavy atom. The lowest BCUT2D eigenvalue weighted by molar-refractivity contribution is -0.138. The molecule has 0 aromatic carbocycles. The molecule has 3 aromatic heterocycles. The number of fused-ring (bicyclic) bond motifs is 2. The summed E-state index contributed by atoms with van der Waals surface area (Å²) in [6.45, 7) is 7.16. The van der Waals surface area contributed by atoms with Crippen LogP contribution < -0.4 is 14.4 Å². The second-order valence-electron chi connectivity index (χ2n) is 11.9. The molecule has 0 saturated carbocycles. The van der Waals surface area contributed by atoms with Crippen LogP contribution in [0, 0.1) is 5.92 Å². The Morgan fingerprint density at radius 2 is 1.91 bits per heavy atom. The molecule has 6 rings (SSSR count). The molecule has 3 aromatic rings. The van der Waals surface area contributed by atoms with E-state index in [1.54, 1.807) is 11.1 Å². The van der Waals surface area contributed by atoms with Gasteiger partial charge in [0.1, 0.15) is 11.3 Å². The van der Waals surface area contributed by atoms with Crippen molar-refractivity contribution in [2.45, 2.75) is 44.3 Å². The van der Waals surface area contributed by atoms with E-state index < -0.39 is 17.2 Å². The van der Waals surface area contributed by atoms with E-state index in [0.717, 1.165) is 24.8 Å². The number of hydrogen-bond donors (Lipinski definition) is 0. The van der Waals surface area contributed by atoms with E-state index >= 15 is 0 Å². The standard InChI is InChI=1S/C32H37F3N6O3/c1-5-20-16-40(25-14-36-15-26(43-4)27(25)32(33,34)35)13-11-31(20)19-41(21-17-39(3)18-21)30(42)28-23(31)9-10-24(38-28)22-8-7-12-37-29(22)44-6-2/h7-10,12,14-15,20-21H,5-6,11,13,16-19H2,1-4H3/t20-,31+/m1/s1. The van der Waals surface area contributed by atoms with E-state index in [4.69, 9.17) is 14.5 Å². The van der Waals surface area contributed by atoms with Crippen LogP contribution in [0.5, 0.6) is 11.6 Å². The summed E-state index contributed by atoms with van der Waals surface area (Å²) in [5.41, 5.74) is 1.29. The summed E-state index contributed by atoms with van der Waals surface area (Å²) in [6.07, 6.45) is 0.697. The van der Waals surface area contributed by atoms with Crippen molar-refractivity contribution < 1.29 is 27.4 Å². The summed E-state index contributed by atoms with van der Waals surface area (Å²) in [5.74, 6) is -0.0115. The first-order chi connectivity index (χ1) is 21.1. The van der Waals surface area contributed by atoms with E-state index in [-0.39, 0.29) is 29.3 Å². The second-order valence-corrected chi connectivity index (χ2v) is 11.9. The summed E-state index contributed by atoms with van der Waals surface area (Å²) < 4.78 is 53.7. The van der Waals surface area contributed by atoms with Crippen molar-refractivity contribution in [1.29, 1.82) is 0 Å². The summed E-state index contributed by atoms with van der Waals surface area (Å²) in [7, 11) is 3.25. The van der Waals surface area contributed by atoms with E-state index in [9.17, 15) is 18.0 Å². The maximum atomic E-state index is 14.3. The number of alkyl halides is 3. The Labute approximate surface area is 255 Å². The van der Waals surface area contributed by atoms with Crippen molar-refractivity contribution >= 4 is 11.6 Å². The first kappa shape index (κ1) is 30.1. The molecule has 2 atom stereocenters. The number of methoxy groups -OCH3 is 1. The third kappa shape index (κ3) is 5.02. The Hall–Kier alpha value is -3.93. The van der Waals surface area contributed by atoms with Crippen LogP contribution >= 0.6 is 0 Å². The van der Waals surface area contributed by atoms with Gasteiger partial charge in [-0.2, -0.15) is 13.2 Å². The smallest absolute Gasteiger partial charge is 0.422 e. The minimum atomic E-state index is -4.61. The quantitative estimate of drug-likeness (QED) is 0.374. The van der Waals surface area contributed by atoms with Crippen molar-refractivity contribution in [2.24, 2.45) is 5.92 Å². The van der Waals surface area contributed by atoms with Gasteiger partial charge in [0.25, 0.3) is 5.91 Å². The number of ether oxygens (including phenoxy) is 2. The largest absolute Gasteiger partial charge is 0.494 e. The van der Waals surface area contributed by atoms with Crippen LogP contribution in [0.25, 0.3) is 11.3 Å². The Bertz CT molecular complexity index is 1550. The van der Waals surface area contributed by atoms with Crippen molar-refractivity contribution in [3.63, 3.8) is 0 Å². The molecule has 3 aliphatic heterocycles. The van der Waals surface area contributed by atoms with Crippen LogP contribution in [-0.4, -0.2) is 90.2 Å². The third-order valence-corrected chi connectivity index (χ3v) is 9.44. The van der Waals surface area contributed by atoms with Gasteiger partial charge in [0, 0.05) is 44.3 Å². The van der Waals surface area contributed by atoms with Gasteiger partial charge in [-0.05, 0) is 50.1 Å². The number of halogens is 3. The number of anilines is 1. The number of aromatic nitrogens is 3. The fourth-order valence-corrected chi connectivity index (χ4v) is 7.25. The van der Waals surface area contributed by atoms with Crippen LogP contribution in [0.1, 0.15) is 48.3 Å². The normalized spacial score (nSPS) is 22.6. The van der Waals surface area contributed by atoms with Gasteiger partial charge >= 0.3 is 6.18 Å². The average Bonchev–Trinajstić information content (AvgIpc) is 3.01. The lowest BCUT2D eigenvalue weighted by Gasteiger charge is -2.56. The van der Waals surface area contributed by atoms with Gasteiger partial charge in [-0.25, -0.2) is 9.97 Å². The van der Waals surface area contributed by atoms with E-state index in [2.05, 4.69) is 21.8 Å². The van der Waals surface area contributed by atoms with Crippen LogP contribution in [-0.2, 0) is 11.6 Å². The fourth-order valence-electron chi connectivity index (χ4n) is 7.25. The Balaban J connectivity index is 1.43. The number of rotatable bonds is 7. The predicted octanol–water partition coefficient (Wildman–Crippen LogP) is 4.91. The zero-order valence-corrected chi connectivity index (χ0v) is 25.4. The molecular weight excluding hydrogens is 573 g/mol. The minimum absolute atomic E-state index is 0.0169. The Kier molecular flexibility index (Phi) is 7.89. The van der Waals surface area contributed by atoms with Crippen LogP contribution in [0.4, 0.5) is 18.9 Å². The van der Waals surface area contributed by atoms with Crippen molar-refractivity contribution in [1.82, 2.24) is 24.8 Å². The highest BCUT2D eigenvalue weighted by Gasteiger charge is 2.53. The number of amides is 1. The van der Waals surface area contributed by atoms with E-state index in [0.29, 0.717) is 61.9 Å². The predicted molar refractivity (Wildman–Crippen MR) is 159 cm³/mol. The highest BCUT2D eigenvalue weighted by atomic mass is 19.4. The van der Waals surface area contributed by atoms with E-state index in [1.165, 1.54) is 13.3 Å². The number of pyridine rings is 3. The summed E-state index contributed by atoms with van der Waals surface area (Å²) >= 11 is 0. The molecule has 12 heteroatoms. The van der Waals surface area contributed by atoms with Crippen molar-refractivity contribution in [3.05, 3.63) is 59.7 Å². The average molecular weight is 611 g/mol. The van der Waals surface area contributed by atoms with Crippen LogP contribution in [0.2, 0.25) is 0 Å².